The predicted molar refractivity (Wildman–Crippen MR) is 75.7 cm³/mol. The van der Waals surface area contributed by atoms with Crippen LogP contribution in [0.3, 0.4) is 0 Å². The first kappa shape index (κ1) is 14.3. The van der Waals surface area contributed by atoms with Crippen LogP contribution in [0.4, 0.5) is 11.5 Å². The molecule has 0 aliphatic carbocycles. The van der Waals surface area contributed by atoms with Crippen molar-refractivity contribution in [3.05, 3.63) is 44.6 Å². The highest BCUT2D eigenvalue weighted by molar-refractivity contribution is 6.30. The first-order chi connectivity index (χ1) is 9.40. The molecule has 0 bridgehead atoms. The molecule has 0 saturated heterocycles. The molecule has 0 aliphatic rings. The number of rotatable bonds is 4. The lowest BCUT2D eigenvalue weighted by Gasteiger charge is -2.10. The molecular weight excluding hydrogens is 282 g/mol. The molecule has 0 saturated carbocycles. The van der Waals surface area contributed by atoms with Crippen molar-refractivity contribution in [2.24, 2.45) is 0 Å². The van der Waals surface area contributed by atoms with Gasteiger partial charge in [0, 0.05) is 11.1 Å². The monoisotopic (exact) mass is 295 g/mol. The van der Waals surface area contributed by atoms with Crippen molar-refractivity contribution in [1.82, 2.24) is 15.0 Å². The Morgan fingerprint density at radius 3 is 2.80 bits per heavy atom. The number of benzene rings is 1. The molecule has 1 aromatic heterocycles. The fourth-order valence-corrected chi connectivity index (χ4v) is 2.26. The summed E-state index contributed by atoms with van der Waals surface area (Å²) in [5, 5.41) is 19.2. The number of aromatic nitrogens is 3. The molecule has 0 spiro atoms. The van der Waals surface area contributed by atoms with Crippen molar-refractivity contribution in [1.29, 1.82) is 0 Å². The highest BCUT2D eigenvalue weighted by Crippen LogP contribution is 2.26. The molecular formula is C12H14ClN5O2. The number of nitrogen functional groups attached to an aromatic ring is 1. The molecule has 2 rings (SSSR count). The van der Waals surface area contributed by atoms with Crippen molar-refractivity contribution in [2.75, 3.05) is 5.73 Å². The van der Waals surface area contributed by atoms with E-state index in [4.69, 9.17) is 17.3 Å². The van der Waals surface area contributed by atoms with Crippen molar-refractivity contribution in [3.8, 4) is 0 Å². The van der Waals surface area contributed by atoms with Gasteiger partial charge in [-0.3, -0.25) is 10.1 Å². The third-order valence-corrected chi connectivity index (χ3v) is 3.14. The van der Waals surface area contributed by atoms with Crippen LogP contribution in [0.25, 0.3) is 0 Å². The Bertz CT molecular complexity index is 653. The van der Waals surface area contributed by atoms with E-state index in [0.29, 0.717) is 16.4 Å². The van der Waals surface area contributed by atoms with Crippen LogP contribution in [0.5, 0.6) is 0 Å². The number of hydrogen-bond donors (Lipinski definition) is 1. The quantitative estimate of drug-likeness (QED) is 0.690. The maximum absolute atomic E-state index is 11.0. The van der Waals surface area contributed by atoms with Crippen LogP contribution in [-0.4, -0.2) is 19.9 Å². The Hall–Kier alpha value is -2.15. The average molecular weight is 296 g/mol. The van der Waals surface area contributed by atoms with Gasteiger partial charge in [-0.2, -0.15) is 0 Å². The molecule has 2 aromatic rings. The maximum Gasteiger partial charge on any atom is 0.274 e. The van der Waals surface area contributed by atoms with E-state index in [1.54, 1.807) is 10.7 Å². The normalized spacial score (nSPS) is 11.0. The van der Waals surface area contributed by atoms with Crippen molar-refractivity contribution in [3.63, 3.8) is 0 Å². The van der Waals surface area contributed by atoms with E-state index in [1.807, 2.05) is 13.8 Å². The highest BCUT2D eigenvalue weighted by Gasteiger charge is 2.19. The van der Waals surface area contributed by atoms with Gasteiger partial charge in [-0.1, -0.05) is 30.7 Å². The van der Waals surface area contributed by atoms with Gasteiger partial charge in [0.25, 0.3) is 5.69 Å². The van der Waals surface area contributed by atoms with E-state index in [-0.39, 0.29) is 18.2 Å². The fourth-order valence-electron chi connectivity index (χ4n) is 2.06. The summed E-state index contributed by atoms with van der Waals surface area (Å²) in [7, 11) is 0. The smallest absolute Gasteiger partial charge is 0.274 e. The third-order valence-electron chi connectivity index (χ3n) is 2.91. The summed E-state index contributed by atoms with van der Waals surface area (Å²) in [5.74, 6) is 0.452. The standard InChI is InChI=1S/C12H14ClN5O2/c1-7(2)11-12(14)15-16-17(11)6-8-5-9(13)3-4-10(8)18(19)20/h3-5,7H,6,14H2,1-2H3. The number of halogens is 1. The molecule has 0 fully saturated rings. The van der Waals surface area contributed by atoms with Gasteiger partial charge in [0.05, 0.1) is 22.7 Å². The van der Waals surface area contributed by atoms with Gasteiger partial charge in [-0.05, 0) is 18.1 Å². The van der Waals surface area contributed by atoms with Crippen molar-refractivity contribution < 1.29 is 4.92 Å². The SMILES string of the molecule is CC(C)c1c(N)nnn1Cc1cc(Cl)ccc1[N+](=O)[O-]. The predicted octanol–water partition coefficient (Wildman–Crippen LogP) is 2.59. The number of anilines is 1. The lowest BCUT2D eigenvalue weighted by atomic mass is 10.1. The van der Waals surface area contributed by atoms with Gasteiger partial charge in [0.2, 0.25) is 0 Å². The molecule has 20 heavy (non-hydrogen) atoms. The number of nitrogens with zero attached hydrogens (tertiary/aromatic N) is 4. The summed E-state index contributed by atoms with van der Waals surface area (Å²) in [6.07, 6.45) is 0. The van der Waals surface area contributed by atoms with Crippen molar-refractivity contribution >= 4 is 23.1 Å². The topological polar surface area (TPSA) is 99.9 Å². The zero-order valence-corrected chi connectivity index (χ0v) is 11.8. The Balaban J connectivity index is 2.45. The second-order valence-electron chi connectivity index (χ2n) is 4.70. The van der Waals surface area contributed by atoms with Crippen LogP contribution < -0.4 is 5.73 Å². The molecule has 0 unspecified atom stereocenters. The van der Waals surface area contributed by atoms with Crippen LogP contribution >= 0.6 is 11.6 Å². The van der Waals surface area contributed by atoms with Crippen LogP contribution in [-0.2, 0) is 6.54 Å². The zero-order valence-electron chi connectivity index (χ0n) is 11.1. The van der Waals surface area contributed by atoms with E-state index in [2.05, 4.69) is 10.3 Å². The summed E-state index contributed by atoms with van der Waals surface area (Å²) >= 11 is 5.90. The van der Waals surface area contributed by atoms with Crippen LogP contribution in [0.1, 0.15) is 31.0 Å². The minimum Gasteiger partial charge on any atom is -0.381 e. The van der Waals surface area contributed by atoms with Gasteiger partial charge in [0.15, 0.2) is 5.82 Å². The second-order valence-corrected chi connectivity index (χ2v) is 5.14. The molecule has 2 N–H and O–H groups in total. The summed E-state index contributed by atoms with van der Waals surface area (Å²) in [6, 6.07) is 4.43. The van der Waals surface area contributed by atoms with Gasteiger partial charge in [-0.15, -0.1) is 5.10 Å². The molecule has 1 heterocycles. The number of hydrogen-bond acceptors (Lipinski definition) is 5. The Kier molecular flexibility index (Phi) is 3.89. The van der Waals surface area contributed by atoms with Gasteiger partial charge >= 0.3 is 0 Å². The number of nitrogens with two attached hydrogens (primary N) is 1. The minimum atomic E-state index is -0.443. The largest absolute Gasteiger partial charge is 0.381 e. The summed E-state index contributed by atoms with van der Waals surface area (Å²) in [4.78, 5) is 10.6. The first-order valence-corrected chi connectivity index (χ1v) is 6.39. The van der Waals surface area contributed by atoms with E-state index < -0.39 is 4.92 Å². The molecule has 0 aliphatic heterocycles. The summed E-state index contributed by atoms with van der Waals surface area (Å²) < 4.78 is 1.57. The molecule has 1 aromatic carbocycles. The van der Waals surface area contributed by atoms with Gasteiger partial charge < -0.3 is 5.73 Å². The lowest BCUT2D eigenvalue weighted by Crippen LogP contribution is -2.10. The molecule has 106 valence electrons. The number of nitro benzene ring substituents is 1. The molecule has 0 amide bonds. The van der Waals surface area contributed by atoms with Crippen LogP contribution in [0, 0.1) is 10.1 Å². The minimum absolute atomic E-state index is 0.00169. The van der Waals surface area contributed by atoms with Gasteiger partial charge in [-0.25, -0.2) is 4.68 Å². The van der Waals surface area contributed by atoms with Crippen LogP contribution in [0.2, 0.25) is 5.02 Å². The first-order valence-electron chi connectivity index (χ1n) is 6.01. The Morgan fingerprint density at radius 1 is 1.50 bits per heavy atom. The highest BCUT2D eigenvalue weighted by atomic mass is 35.5. The summed E-state index contributed by atoms with van der Waals surface area (Å²) in [5.41, 5.74) is 6.98. The Labute approximate surface area is 120 Å². The fraction of sp³-hybridized carbons (Fsp3) is 0.333. The third kappa shape index (κ3) is 2.72. The van der Waals surface area contributed by atoms with Crippen molar-refractivity contribution in [2.45, 2.75) is 26.3 Å². The second kappa shape index (κ2) is 5.46. The van der Waals surface area contributed by atoms with Crippen LogP contribution in [0.15, 0.2) is 18.2 Å². The van der Waals surface area contributed by atoms with Gasteiger partial charge in [0.1, 0.15) is 0 Å². The maximum atomic E-state index is 11.0. The molecule has 0 atom stereocenters. The summed E-state index contributed by atoms with van der Waals surface area (Å²) in [6.45, 7) is 4.12. The zero-order chi connectivity index (χ0) is 14.9. The van der Waals surface area contributed by atoms with E-state index in [9.17, 15) is 10.1 Å². The Morgan fingerprint density at radius 2 is 2.20 bits per heavy atom. The molecule has 7 nitrogen and oxygen atoms in total. The van der Waals surface area contributed by atoms with E-state index in [0.717, 1.165) is 5.69 Å². The molecule has 0 radical (unpaired) electrons. The van der Waals surface area contributed by atoms with E-state index >= 15 is 0 Å². The number of nitro groups is 1. The van der Waals surface area contributed by atoms with E-state index in [1.165, 1.54) is 12.1 Å². The molecule has 8 heteroatoms. The average Bonchev–Trinajstić information content (AvgIpc) is 2.70. The lowest BCUT2D eigenvalue weighted by molar-refractivity contribution is -0.385.